The van der Waals surface area contributed by atoms with Gasteiger partial charge in [-0.15, -0.1) is 11.3 Å². The third kappa shape index (κ3) is 3.08. The Hall–Kier alpha value is -3.12. The molecule has 0 aliphatic heterocycles. The zero-order chi connectivity index (χ0) is 19.0. The summed E-state index contributed by atoms with van der Waals surface area (Å²) < 4.78 is 5.45. The van der Waals surface area contributed by atoms with Gasteiger partial charge in [0.2, 0.25) is 0 Å². The number of amides is 1. The van der Waals surface area contributed by atoms with Gasteiger partial charge < -0.3 is 9.84 Å². The van der Waals surface area contributed by atoms with Crippen molar-refractivity contribution in [1.82, 2.24) is 0 Å². The molecule has 4 rings (SSSR count). The lowest BCUT2D eigenvalue weighted by atomic mass is 9.98. The quantitative estimate of drug-likeness (QED) is 0.660. The molecule has 6 heteroatoms. The minimum absolute atomic E-state index is 0.0358. The number of benzene rings is 2. The van der Waals surface area contributed by atoms with Gasteiger partial charge in [-0.3, -0.25) is 5.32 Å². The van der Waals surface area contributed by atoms with Gasteiger partial charge in [0.15, 0.2) is 0 Å². The van der Waals surface area contributed by atoms with E-state index in [9.17, 15) is 14.7 Å². The molecule has 0 saturated carbocycles. The van der Waals surface area contributed by atoms with Crippen molar-refractivity contribution in [3.63, 3.8) is 0 Å². The van der Waals surface area contributed by atoms with Crippen LogP contribution in [0.25, 0.3) is 11.1 Å². The van der Waals surface area contributed by atoms with E-state index in [0.29, 0.717) is 4.88 Å². The van der Waals surface area contributed by atoms with Crippen LogP contribution >= 0.6 is 11.3 Å². The Labute approximate surface area is 160 Å². The molecule has 1 aromatic heterocycles. The van der Waals surface area contributed by atoms with Crippen LogP contribution in [-0.2, 0) is 4.74 Å². The zero-order valence-electron chi connectivity index (χ0n) is 14.6. The minimum atomic E-state index is -1.07. The van der Waals surface area contributed by atoms with E-state index in [-0.39, 0.29) is 23.8 Å². The van der Waals surface area contributed by atoms with Crippen LogP contribution < -0.4 is 5.32 Å². The Kier molecular flexibility index (Phi) is 4.41. The number of hydrogen-bond acceptors (Lipinski definition) is 4. The number of nitrogens with one attached hydrogen (secondary N) is 1. The first-order valence-electron chi connectivity index (χ1n) is 8.49. The standard InChI is InChI=1S/C21H17NO4S/c1-12-19(20(23)24)18(11-27-12)22-21(25)26-10-17-15-8-4-2-6-13(15)14-7-3-5-9-16(14)17/h2-9,11,17H,10H2,1H3,(H,22,25)(H,23,24). The summed E-state index contributed by atoms with van der Waals surface area (Å²) in [7, 11) is 0. The van der Waals surface area contributed by atoms with Gasteiger partial charge in [0, 0.05) is 16.2 Å². The lowest BCUT2D eigenvalue weighted by Gasteiger charge is -2.14. The van der Waals surface area contributed by atoms with Crippen LogP contribution in [0.4, 0.5) is 10.5 Å². The number of fused-ring (bicyclic) bond motifs is 3. The molecule has 0 spiro atoms. The lowest BCUT2D eigenvalue weighted by molar-refractivity contribution is 0.0698. The molecular formula is C21H17NO4S. The highest BCUT2D eigenvalue weighted by Gasteiger charge is 2.29. The molecule has 3 aromatic rings. The molecule has 2 N–H and O–H groups in total. The molecule has 0 bridgehead atoms. The van der Waals surface area contributed by atoms with Crippen molar-refractivity contribution in [2.24, 2.45) is 0 Å². The smallest absolute Gasteiger partial charge is 0.411 e. The second-order valence-corrected chi connectivity index (χ2v) is 7.42. The highest BCUT2D eigenvalue weighted by Crippen LogP contribution is 2.44. The first-order chi connectivity index (χ1) is 13.1. The summed E-state index contributed by atoms with van der Waals surface area (Å²) in [5, 5.41) is 13.4. The molecule has 0 saturated heterocycles. The summed E-state index contributed by atoms with van der Waals surface area (Å²) in [6.45, 7) is 1.89. The molecule has 2 aromatic carbocycles. The number of rotatable bonds is 4. The Morgan fingerprint density at radius 1 is 1.07 bits per heavy atom. The molecule has 1 amide bonds. The average Bonchev–Trinajstić information content (AvgIpc) is 3.18. The van der Waals surface area contributed by atoms with Crippen molar-refractivity contribution in [3.8, 4) is 11.1 Å². The number of thiophene rings is 1. The van der Waals surface area contributed by atoms with Crippen molar-refractivity contribution < 1.29 is 19.4 Å². The fraction of sp³-hybridized carbons (Fsp3) is 0.143. The second-order valence-electron chi connectivity index (χ2n) is 6.34. The molecule has 136 valence electrons. The topological polar surface area (TPSA) is 75.6 Å². The van der Waals surface area contributed by atoms with Crippen LogP contribution in [0.1, 0.15) is 32.3 Å². The van der Waals surface area contributed by atoms with E-state index in [0.717, 1.165) is 22.3 Å². The van der Waals surface area contributed by atoms with E-state index in [1.807, 2.05) is 36.4 Å². The largest absolute Gasteiger partial charge is 0.478 e. The van der Waals surface area contributed by atoms with E-state index >= 15 is 0 Å². The van der Waals surface area contributed by atoms with Crippen molar-refractivity contribution >= 4 is 29.1 Å². The van der Waals surface area contributed by atoms with E-state index < -0.39 is 12.1 Å². The molecule has 0 fully saturated rings. The van der Waals surface area contributed by atoms with Crippen LogP contribution in [0.3, 0.4) is 0 Å². The maximum atomic E-state index is 12.3. The van der Waals surface area contributed by atoms with Gasteiger partial charge in [-0.25, -0.2) is 9.59 Å². The third-order valence-corrected chi connectivity index (χ3v) is 5.68. The summed E-state index contributed by atoms with van der Waals surface area (Å²) in [5.74, 6) is -1.10. The number of ether oxygens (including phenoxy) is 1. The fourth-order valence-electron chi connectivity index (χ4n) is 3.56. The Balaban J connectivity index is 1.51. The molecular weight excluding hydrogens is 362 g/mol. The predicted molar refractivity (Wildman–Crippen MR) is 105 cm³/mol. The summed E-state index contributed by atoms with van der Waals surface area (Å²) in [6, 6.07) is 16.2. The number of carboxylic acid groups (broad SMARTS) is 1. The first kappa shape index (κ1) is 17.3. The number of anilines is 1. The summed E-state index contributed by atoms with van der Waals surface area (Å²) in [5.41, 5.74) is 4.94. The van der Waals surface area contributed by atoms with E-state index in [2.05, 4.69) is 17.4 Å². The maximum absolute atomic E-state index is 12.3. The number of aryl methyl sites for hydroxylation is 1. The molecule has 5 nitrogen and oxygen atoms in total. The van der Waals surface area contributed by atoms with Gasteiger partial charge in [0.1, 0.15) is 6.61 Å². The number of carbonyl (C=O) groups is 2. The highest BCUT2D eigenvalue weighted by atomic mass is 32.1. The van der Waals surface area contributed by atoms with Gasteiger partial charge >= 0.3 is 12.1 Å². The molecule has 1 aliphatic carbocycles. The van der Waals surface area contributed by atoms with Crippen molar-refractivity contribution in [2.75, 3.05) is 11.9 Å². The Morgan fingerprint density at radius 3 is 2.26 bits per heavy atom. The van der Waals surface area contributed by atoms with E-state index in [4.69, 9.17) is 4.74 Å². The molecule has 1 aliphatic rings. The predicted octanol–water partition coefficient (Wildman–Crippen LogP) is 5.12. The molecule has 1 heterocycles. The Morgan fingerprint density at radius 2 is 1.67 bits per heavy atom. The van der Waals surface area contributed by atoms with Gasteiger partial charge in [-0.2, -0.15) is 0 Å². The fourth-order valence-corrected chi connectivity index (χ4v) is 4.34. The molecule has 27 heavy (non-hydrogen) atoms. The zero-order valence-corrected chi connectivity index (χ0v) is 15.4. The lowest BCUT2D eigenvalue weighted by Crippen LogP contribution is -2.18. The minimum Gasteiger partial charge on any atom is -0.478 e. The van der Waals surface area contributed by atoms with Crippen LogP contribution in [0.2, 0.25) is 0 Å². The Bertz CT molecular complexity index is 995. The van der Waals surface area contributed by atoms with Gasteiger partial charge in [-0.05, 0) is 29.2 Å². The van der Waals surface area contributed by atoms with Crippen molar-refractivity contribution in [1.29, 1.82) is 0 Å². The summed E-state index contributed by atoms with van der Waals surface area (Å²) in [6.07, 6.45) is -0.655. The van der Waals surface area contributed by atoms with E-state index in [1.54, 1.807) is 12.3 Å². The third-order valence-electron chi connectivity index (χ3n) is 4.77. The van der Waals surface area contributed by atoms with Gasteiger partial charge in [0.25, 0.3) is 0 Å². The average molecular weight is 379 g/mol. The number of hydrogen-bond donors (Lipinski definition) is 2. The summed E-state index contributed by atoms with van der Waals surface area (Å²) in [4.78, 5) is 24.2. The van der Waals surface area contributed by atoms with Crippen LogP contribution in [0, 0.1) is 6.92 Å². The molecule has 0 unspecified atom stereocenters. The van der Waals surface area contributed by atoms with Crippen molar-refractivity contribution in [3.05, 3.63) is 75.5 Å². The van der Waals surface area contributed by atoms with Gasteiger partial charge in [0.05, 0.1) is 11.3 Å². The van der Waals surface area contributed by atoms with Crippen LogP contribution in [0.5, 0.6) is 0 Å². The van der Waals surface area contributed by atoms with Crippen molar-refractivity contribution in [2.45, 2.75) is 12.8 Å². The van der Waals surface area contributed by atoms with Crippen LogP contribution in [0.15, 0.2) is 53.9 Å². The first-order valence-corrected chi connectivity index (χ1v) is 9.37. The maximum Gasteiger partial charge on any atom is 0.411 e. The second kappa shape index (κ2) is 6.89. The monoisotopic (exact) mass is 379 g/mol. The van der Waals surface area contributed by atoms with Crippen LogP contribution in [-0.4, -0.2) is 23.8 Å². The molecule has 0 radical (unpaired) electrons. The number of carboxylic acids is 1. The summed E-state index contributed by atoms with van der Waals surface area (Å²) >= 11 is 1.28. The van der Waals surface area contributed by atoms with E-state index in [1.165, 1.54) is 11.3 Å². The molecule has 0 atom stereocenters. The normalized spacial score (nSPS) is 12.3. The number of carbonyl (C=O) groups excluding carboxylic acids is 1. The SMILES string of the molecule is Cc1scc(NC(=O)OCC2c3ccccc3-c3ccccc32)c1C(=O)O. The highest BCUT2D eigenvalue weighted by molar-refractivity contribution is 7.10. The van der Waals surface area contributed by atoms with Gasteiger partial charge in [-0.1, -0.05) is 48.5 Å². The number of aromatic carboxylic acids is 1.